The first-order valence-electron chi connectivity index (χ1n) is 8.86. The number of rotatable bonds is 6. The van der Waals surface area contributed by atoms with Crippen molar-refractivity contribution in [1.82, 2.24) is 9.97 Å². The van der Waals surface area contributed by atoms with Crippen LogP contribution in [0, 0.1) is 0 Å². The highest BCUT2D eigenvalue weighted by atomic mass is 16.5. The van der Waals surface area contributed by atoms with E-state index in [0.717, 1.165) is 28.8 Å². The van der Waals surface area contributed by atoms with Crippen molar-refractivity contribution in [3.8, 4) is 11.1 Å². The van der Waals surface area contributed by atoms with Gasteiger partial charge in [0.1, 0.15) is 0 Å². The number of benzene rings is 1. The molecule has 0 amide bonds. The zero-order valence-corrected chi connectivity index (χ0v) is 15.1. The molecule has 0 bridgehead atoms. The van der Waals surface area contributed by atoms with Gasteiger partial charge in [0, 0.05) is 36.1 Å². The summed E-state index contributed by atoms with van der Waals surface area (Å²) in [7, 11) is 0. The summed E-state index contributed by atoms with van der Waals surface area (Å²) >= 11 is 0. The Morgan fingerprint density at radius 3 is 2.54 bits per heavy atom. The lowest BCUT2D eigenvalue weighted by atomic mass is 9.96. The summed E-state index contributed by atoms with van der Waals surface area (Å²) in [6, 6.07) is 13.6. The number of pyridine rings is 2. The second-order valence-electron chi connectivity index (χ2n) is 5.98. The highest BCUT2D eigenvalue weighted by Gasteiger charge is 2.11. The lowest BCUT2D eigenvalue weighted by Gasteiger charge is -2.12. The molecule has 0 saturated carbocycles. The van der Waals surface area contributed by atoms with Crippen LogP contribution >= 0.6 is 0 Å². The molecule has 0 radical (unpaired) electrons. The van der Waals surface area contributed by atoms with Crippen LogP contribution in [0.25, 0.3) is 11.1 Å². The van der Waals surface area contributed by atoms with E-state index in [0.29, 0.717) is 18.6 Å². The summed E-state index contributed by atoms with van der Waals surface area (Å²) in [6.45, 7) is 4.32. The van der Waals surface area contributed by atoms with Crippen molar-refractivity contribution in [1.29, 1.82) is 0 Å². The molecule has 0 aliphatic rings. The van der Waals surface area contributed by atoms with Crippen LogP contribution in [0.5, 0.6) is 0 Å². The van der Waals surface area contributed by atoms with Crippen molar-refractivity contribution in [2.75, 3.05) is 6.61 Å². The molecule has 0 saturated heterocycles. The minimum atomic E-state index is -0.291. The van der Waals surface area contributed by atoms with Gasteiger partial charge in [-0.1, -0.05) is 25.1 Å². The number of carbonyl (C=O) groups excluding carboxylic acids is 1. The predicted octanol–water partition coefficient (Wildman–Crippen LogP) is 4.47. The van der Waals surface area contributed by atoms with E-state index in [-0.39, 0.29) is 5.97 Å². The maximum absolute atomic E-state index is 11.8. The van der Waals surface area contributed by atoms with Crippen LogP contribution in [0.4, 0.5) is 0 Å². The molecule has 3 aromatic rings. The summed E-state index contributed by atoms with van der Waals surface area (Å²) in [6.07, 6.45) is 7.18. The number of aryl methyl sites for hydroxylation is 1. The molecular formula is C22H22N2O2. The molecule has 0 atom stereocenters. The Labute approximate surface area is 153 Å². The van der Waals surface area contributed by atoms with Crippen LogP contribution in [0.3, 0.4) is 0 Å². The summed E-state index contributed by atoms with van der Waals surface area (Å²) < 4.78 is 5.03. The quantitative estimate of drug-likeness (QED) is 0.618. The van der Waals surface area contributed by atoms with Crippen LogP contribution < -0.4 is 0 Å². The minimum absolute atomic E-state index is 0.291. The first-order chi connectivity index (χ1) is 12.7. The fourth-order valence-corrected chi connectivity index (χ4v) is 2.96. The average Bonchev–Trinajstić information content (AvgIpc) is 2.69. The first-order valence-corrected chi connectivity index (χ1v) is 8.86. The lowest BCUT2D eigenvalue weighted by Crippen LogP contribution is -2.04. The van der Waals surface area contributed by atoms with Gasteiger partial charge in [-0.2, -0.15) is 0 Å². The third-order valence-corrected chi connectivity index (χ3v) is 4.31. The van der Waals surface area contributed by atoms with Gasteiger partial charge in [0.05, 0.1) is 17.9 Å². The number of aromatic nitrogens is 2. The Bertz CT molecular complexity index is 889. The van der Waals surface area contributed by atoms with E-state index < -0.39 is 0 Å². The standard InChI is InChI=1S/C22H22N2O2/c1-3-17-11-13-23-15-20(17)19-6-5-12-24-21(19)14-16-7-9-18(10-8-16)22(25)26-4-2/h5-13,15H,3-4,14H2,1-2H3. The highest BCUT2D eigenvalue weighted by molar-refractivity contribution is 5.89. The molecular weight excluding hydrogens is 324 g/mol. The molecule has 2 heterocycles. The Morgan fingerprint density at radius 2 is 1.81 bits per heavy atom. The van der Waals surface area contributed by atoms with E-state index in [4.69, 9.17) is 4.74 Å². The number of esters is 1. The topological polar surface area (TPSA) is 52.1 Å². The Hall–Kier alpha value is -3.01. The zero-order valence-electron chi connectivity index (χ0n) is 15.1. The van der Waals surface area contributed by atoms with Gasteiger partial charge in [-0.15, -0.1) is 0 Å². The molecule has 0 N–H and O–H groups in total. The van der Waals surface area contributed by atoms with Crippen molar-refractivity contribution in [2.24, 2.45) is 0 Å². The number of nitrogens with zero attached hydrogens (tertiary/aromatic N) is 2. The summed E-state index contributed by atoms with van der Waals surface area (Å²) in [5.74, 6) is -0.291. The van der Waals surface area contributed by atoms with Crippen LogP contribution in [0.1, 0.15) is 41.0 Å². The fraction of sp³-hybridized carbons (Fsp3) is 0.227. The summed E-state index contributed by atoms with van der Waals surface area (Å²) in [5.41, 5.74) is 6.15. The molecule has 0 fully saturated rings. The van der Waals surface area contributed by atoms with E-state index in [1.165, 1.54) is 5.56 Å². The largest absolute Gasteiger partial charge is 0.462 e. The first kappa shape index (κ1) is 17.8. The van der Waals surface area contributed by atoms with Gasteiger partial charge >= 0.3 is 5.97 Å². The molecule has 4 nitrogen and oxygen atoms in total. The molecule has 0 aliphatic heterocycles. The smallest absolute Gasteiger partial charge is 0.338 e. The van der Waals surface area contributed by atoms with E-state index in [9.17, 15) is 4.79 Å². The van der Waals surface area contributed by atoms with Crippen molar-refractivity contribution in [3.05, 3.63) is 83.4 Å². The maximum atomic E-state index is 11.8. The molecule has 3 rings (SSSR count). The summed E-state index contributed by atoms with van der Waals surface area (Å²) in [5, 5.41) is 0. The lowest BCUT2D eigenvalue weighted by molar-refractivity contribution is 0.0526. The van der Waals surface area contributed by atoms with E-state index in [1.54, 1.807) is 19.1 Å². The van der Waals surface area contributed by atoms with Crippen LogP contribution in [-0.4, -0.2) is 22.5 Å². The normalized spacial score (nSPS) is 10.5. The van der Waals surface area contributed by atoms with Crippen LogP contribution in [-0.2, 0) is 17.6 Å². The Balaban J connectivity index is 1.88. The van der Waals surface area contributed by atoms with Gasteiger partial charge in [-0.3, -0.25) is 9.97 Å². The van der Waals surface area contributed by atoms with Crippen molar-refractivity contribution in [2.45, 2.75) is 26.7 Å². The van der Waals surface area contributed by atoms with Gasteiger partial charge in [-0.05, 0) is 48.7 Å². The van der Waals surface area contributed by atoms with Crippen LogP contribution in [0.15, 0.2) is 61.1 Å². The van der Waals surface area contributed by atoms with Crippen molar-refractivity contribution < 1.29 is 9.53 Å². The fourth-order valence-electron chi connectivity index (χ4n) is 2.96. The van der Waals surface area contributed by atoms with E-state index >= 15 is 0 Å². The predicted molar refractivity (Wildman–Crippen MR) is 102 cm³/mol. The van der Waals surface area contributed by atoms with E-state index in [1.807, 2.05) is 36.8 Å². The molecule has 132 valence electrons. The Kier molecular flexibility index (Phi) is 5.74. The molecule has 1 aromatic carbocycles. The Morgan fingerprint density at radius 1 is 1.00 bits per heavy atom. The van der Waals surface area contributed by atoms with E-state index in [2.05, 4.69) is 29.0 Å². The molecule has 26 heavy (non-hydrogen) atoms. The maximum Gasteiger partial charge on any atom is 0.338 e. The number of hydrogen-bond acceptors (Lipinski definition) is 4. The second-order valence-corrected chi connectivity index (χ2v) is 5.98. The highest BCUT2D eigenvalue weighted by Crippen LogP contribution is 2.27. The molecule has 0 aliphatic carbocycles. The number of ether oxygens (including phenoxy) is 1. The van der Waals surface area contributed by atoms with Gasteiger partial charge in [0.15, 0.2) is 0 Å². The molecule has 2 aromatic heterocycles. The molecule has 4 heteroatoms. The van der Waals surface area contributed by atoms with Gasteiger partial charge in [0.2, 0.25) is 0 Å². The van der Waals surface area contributed by atoms with Gasteiger partial charge < -0.3 is 4.74 Å². The third kappa shape index (κ3) is 3.97. The van der Waals surface area contributed by atoms with Gasteiger partial charge in [0.25, 0.3) is 0 Å². The average molecular weight is 346 g/mol. The second kappa shape index (κ2) is 8.39. The zero-order chi connectivity index (χ0) is 18.4. The minimum Gasteiger partial charge on any atom is -0.462 e. The SMILES string of the molecule is CCOC(=O)c1ccc(Cc2ncccc2-c2cnccc2CC)cc1. The molecule has 0 spiro atoms. The number of hydrogen-bond donors (Lipinski definition) is 0. The van der Waals surface area contributed by atoms with Crippen molar-refractivity contribution in [3.63, 3.8) is 0 Å². The van der Waals surface area contributed by atoms with Crippen molar-refractivity contribution >= 4 is 5.97 Å². The van der Waals surface area contributed by atoms with Gasteiger partial charge in [-0.25, -0.2) is 4.79 Å². The molecule has 0 unspecified atom stereocenters. The third-order valence-electron chi connectivity index (χ3n) is 4.31. The summed E-state index contributed by atoms with van der Waals surface area (Å²) in [4.78, 5) is 20.7. The monoisotopic (exact) mass is 346 g/mol. The number of carbonyl (C=O) groups is 1. The van der Waals surface area contributed by atoms with Crippen LogP contribution in [0.2, 0.25) is 0 Å².